The lowest BCUT2D eigenvalue weighted by Gasteiger charge is -2.32. The van der Waals surface area contributed by atoms with Gasteiger partial charge in [0.1, 0.15) is 60.1 Å². The summed E-state index contributed by atoms with van der Waals surface area (Å²) in [5.41, 5.74) is 52.6. The summed E-state index contributed by atoms with van der Waals surface area (Å²) in [5, 5.41) is 36.3. The number of primary amides is 1. The van der Waals surface area contributed by atoms with Crippen LogP contribution in [0.15, 0.2) is 64.6 Å². The van der Waals surface area contributed by atoms with E-state index in [1.807, 2.05) is 13.8 Å². The Labute approximate surface area is 613 Å². The topological polar surface area (TPSA) is 621 Å². The molecule has 0 saturated carbocycles. The predicted octanol–water partition coefficient (Wildman–Crippen LogP) is -6.40. The Morgan fingerprint density at radius 2 is 1.03 bits per heavy atom. The molecule has 0 bridgehead atoms. The van der Waals surface area contributed by atoms with Crippen LogP contribution in [0.25, 0.3) is 0 Å². The summed E-state index contributed by atoms with van der Waals surface area (Å²) in [6, 6.07) is 2.14. The minimum absolute atomic E-state index is 0.00681. The maximum atomic E-state index is 14.9. The number of nitrogens with zero attached hydrogens (tertiary/aromatic N) is 3. The fourth-order valence-electron chi connectivity index (χ4n) is 11.4. The van der Waals surface area contributed by atoms with Gasteiger partial charge in [-0.1, -0.05) is 90.4 Å². The third-order valence-electron chi connectivity index (χ3n) is 17.2. The van der Waals surface area contributed by atoms with Crippen molar-refractivity contribution in [1.29, 1.82) is 0 Å². The summed E-state index contributed by atoms with van der Waals surface area (Å²) in [6.07, 6.45) is 2.40. The third-order valence-corrected chi connectivity index (χ3v) is 17.2. The van der Waals surface area contributed by atoms with E-state index in [9.17, 15) is 62.6 Å². The van der Waals surface area contributed by atoms with Gasteiger partial charge >= 0.3 is 5.96 Å². The van der Waals surface area contributed by atoms with E-state index in [4.69, 9.17) is 51.6 Å². The number of hydrogen-bond donors (Lipinski definition) is 21. The van der Waals surface area contributed by atoms with Crippen LogP contribution in [0.1, 0.15) is 143 Å². The van der Waals surface area contributed by atoms with Crippen LogP contribution in [0, 0.1) is 17.8 Å². The van der Waals surface area contributed by atoms with Gasteiger partial charge in [0, 0.05) is 26.1 Å². The molecule has 0 aliphatic carbocycles. The minimum atomic E-state index is -1.45. The summed E-state index contributed by atoms with van der Waals surface area (Å²) in [6.45, 7) is 10.1. The monoisotopic (exact) mass is 1470 g/mol. The lowest BCUT2D eigenvalue weighted by Crippen LogP contribution is -2.78. The highest BCUT2D eigenvalue weighted by molar-refractivity contribution is 5.99. The molecule has 1 fully saturated rings. The quantitative estimate of drug-likeness (QED) is 0.0166. The first-order chi connectivity index (χ1) is 49.7. The number of amides is 12. The molecular formula is C69H116N23O13+. The number of hydrogen-bond acceptors (Lipinski definition) is 17. The molecule has 12 amide bonds. The summed E-state index contributed by atoms with van der Waals surface area (Å²) in [7, 11) is 0. The number of aliphatic imine (C=N–C) groups is 2. The van der Waals surface area contributed by atoms with Gasteiger partial charge in [0.25, 0.3) is 0 Å². The number of rotatable bonds is 48. The highest BCUT2D eigenvalue weighted by atomic mass is 16.3. The van der Waals surface area contributed by atoms with Crippen LogP contribution in [0.3, 0.4) is 0 Å². The van der Waals surface area contributed by atoms with Gasteiger partial charge in [-0.25, -0.2) is 0 Å². The van der Waals surface area contributed by atoms with Gasteiger partial charge in [-0.15, -0.1) is 0 Å². The third kappa shape index (κ3) is 34.2. The fourth-order valence-corrected chi connectivity index (χ4v) is 11.4. The van der Waals surface area contributed by atoms with E-state index in [-0.39, 0.29) is 139 Å². The normalized spacial score (nSPS) is 15.4. The van der Waals surface area contributed by atoms with Crippen LogP contribution in [0.5, 0.6) is 5.75 Å². The summed E-state index contributed by atoms with van der Waals surface area (Å²) in [4.78, 5) is 180. The SMILES string of the molecule is CCC(C)[C@H](NC(=O)[C@@H](CCCN=C(N)N)NC(=O)[C@@H](CCCN=C(N)N)NC(=O)[C@@H](CC(C)C)NC(=O)[C@@H](Cc1ccccc1)NC(=O)CNC(=O)CNC(=O)[C@H](N)Cc1ccc(O)cc1)C(=O)N[C@H](CCC[NH+]=C(N)N)C(=O)N1CCC[C@H]1C(=O)N[C@@H](CCCCN)C(=O)N[C@@H](CC(C)C)C(N)=O. The number of benzene rings is 2. The maximum absolute atomic E-state index is 14.9. The van der Waals surface area contributed by atoms with Gasteiger partial charge in [0.2, 0.25) is 70.9 Å². The molecule has 30 N–H and O–H groups in total. The first-order valence-corrected chi connectivity index (χ1v) is 35.8. The van der Waals surface area contributed by atoms with Gasteiger partial charge in [0.15, 0.2) is 11.9 Å². The highest BCUT2D eigenvalue weighted by Crippen LogP contribution is 2.22. The zero-order chi connectivity index (χ0) is 78.3. The Morgan fingerprint density at radius 1 is 0.533 bits per heavy atom. The zero-order valence-electron chi connectivity index (χ0n) is 61.3. The van der Waals surface area contributed by atoms with Gasteiger partial charge in [-0.2, -0.15) is 0 Å². The number of carbonyl (C=O) groups excluding carboxylic acids is 12. The van der Waals surface area contributed by atoms with Gasteiger partial charge in [-0.05, 0) is 137 Å². The number of phenols is 1. The first kappa shape index (κ1) is 88.8. The maximum Gasteiger partial charge on any atom is 0.338 e. The van der Waals surface area contributed by atoms with Crippen molar-refractivity contribution in [2.75, 3.05) is 45.8 Å². The molecule has 0 radical (unpaired) electrons. The molecule has 36 nitrogen and oxygen atoms in total. The first-order valence-electron chi connectivity index (χ1n) is 35.8. The zero-order valence-corrected chi connectivity index (χ0v) is 61.3. The lowest BCUT2D eigenvalue weighted by molar-refractivity contribution is -0.459. The smallest absolute Gasteiger partial charge is 0.338 e. The lowest BCUT2D eigenvalue weighted by atomic mass is 9.96. The summed E-state index contributed by atoms with van der Waals surface area (Å²) < 4.78 is 0. The standard InChI is InChI=1S/C69H115N23O13/c1-7-41(6)56(65(104)88-49(22-15-31-81-69(77)78)66(105)92-32-16-23-53(92)64(103)87-46(19-11-12-28-70)60(99)89-50(57(72)96)33-39(2)3)91-61(100)48(21-14-30-80-68(75)76)85-59(98)47(20-13-29-79-67(73)74)86-62(101)51(34-40(4)5)90-63(102)52(36-42-17-9-8-10-18-42)84-55(95)38-82-54(94)37-83-58(97)45(71)35-43-24-26-44(93)27-25-43/h8-10,17-18,24-27,39-41,45-53,56,93H,7,11-16,19-23,28-38,70-71H2,1-6H3,(H2,72,96)(H,82,94)(H,83,97)(H,84,95)(H,85,98)(H,86,101)(H,87,103)(H,88,104)(H,89,99)(H,90,102)(H,91,100)(H4,73,74,79)(H4,75,76,80)(H4,77,78,81)/p+1/t41?,45-,46+,47-,48-,49-,50+,51-,52-,53+,56+/m1/s1. The van der Waals surface area contributed by atoms with Gasteiger partial charge < -0.3 is 103 Å². The molecule has 1 heterocycles. The van der Waals surface area contributed by atoms with Crippen LogP contribution in [0.2, 0.25) is 0 Å². The number of phenolic OH excluding ortho intramolecular Hbond substituents is 1. The van der Waals surface area contributed by atoms with Gasteiger partial charge in [-0.3, -0.25) is 84.0 Å². The van der Waals surface area contributed by atoms with E-state index in [0.717, 1.165) is 0 Å². The molecule has 3 rings (SSSR count). The average molecular weight is 1480 g/mol. The second-order valence-corrected chi connectivity index (χ2v) is 27.1. The highest BCUT2D eigenvalue weighted by Gasteiger charge is 2.41. The largest absolute Gasteiger partial charge is 0.508 e. The number of aromatic hydroxyl groups is 1. The van der Waals surface area contributed by atoms with E-state index in [1.165, 1.54) is 17.0 Å². The van der Waals surface area contributed by atoms with Crippen molar-refractivity contribution < 1.29 is 67.6 Å². The number of likely N-dealkylation sites (tertiary alicyclic amines) is 1. The Kier molecular flexibility index (Phi) is 39.8. The average Bonchev–Trinajstić information content (AvgIpc) is 1.74. The molecular weight excluding hydrogens is 1360 g/mol. The molecule has 36 heteroatoms. The molecule has 2 aromatic rings. The Bertz CT molecular complexity index is 3250. The van der Waals surface area contributed by atoms with Crippen molar-refractivity contribution in [3.05, 3.63) is 65.7 Å². The Morgan fingerprint density at radius 3 is 1.58 bits per heavy atom. The van der Waals surface area contributed by atoms with E-state index in [0.29, 0.717) is 43.4 Å². The van der Waals surface area contributed by atoms with Crippen molar-refractivity contribution in [2.24, 2.45) is 79.3 Å². The second kappa shape index (κ2) is 47.1. The Balaban J connectivity index is 1.95. The van der Waals surface area contributed by atoms with Crippen molar-refractivity contribution in [3.8, 4) is 5.75 Å². The second-order valence-electron chi connectivity index (χ2n) is 27.1. The molecule has 2 aromatic carbocycles. The summed E-state index contributed by atoms with van der Waals surface area (Å²) >= 11 is 0. The molecule has 0 aromatic heterocycles. The van der Waals surface area contributed by atoms with E-state index in [2.05, 4.69) is 68.1 Å². The van der Waals surface area contributed by atoms with E-state index >= 15 is 0 Å². The molecule has 584 valence electrons. The minimum Gasteiger partial charge on any atom is -0.508 e. The number of carbonyl (C=O) groups is 12. The predicted molar refractivity (Wildman–Crippen MR) is 395 cm³/mol. The van der Waals surface area contributed by atoms with E-state index in [1.54, 1.807) is 70.2 Å². The van der Waals surface area contributed by atoms with Crippen molar-refractivity contribution in [3.63, 3.8) is 0 Å². The van der Waals surface area contributed by atoms with Gasteiger partial charge in [0.05, 0.1) is 25.7 Å². The molecule has 0 spiro atoms. The van der Waals surface area contributed by atoms with Crippen molar-refractivity contribution in [1.82, 2.24) is 58.1 Å². The van der Waals surface area contributed by atoms with Crippen LogP contribution >= 0.6 is 0 Å². The number of nitrogens with two attached hydrogens (primary N) is 9. The molecule has 1 unspecified atom stereocenters. The molecule has 1 aliphatic heterocycles. The Hall–Kier alpha value is -10.4. The molecule has 105 heavy (non-hydrogen) atoms. The number of nitrogens with one attached hydrogen (secondary N) is 11. The fraction of sp³-hybridized carbons (Fsp3) is 0.609. The van der Waals surface area contributed by atoms with Crippen LogP contribution in [-0.4, -0.2) is 205 Å². The molecule has 1 saturated heterocycles. The number of guanidine groups is 3. The van der Waals surface area contributed by atoms with E-state index < -0.39 is 150 Å². The van der Waals surface area contributed by atoms with Crippen LogP contribution < -0.4 is 110 Å². The van der Waals surface area contributed by atoms with Crippen molar-refractivity contribution >= 4 is 88.8 Å². The number of unbranched alkanes of at least 4 members (excludes halogenated alkanes) is 1. The summed E-state index contributed by atoms with van der Waals surface area (Å²) in [5.74, 6) is -10.6. The van der Waals surface area contributed by atoms with Crippen LogP contribution in [0.4, 0.5) is 0 Å². The molecule has 11 atom stereocenters. The molecule has 1 aliphatic rings. The van der Waals surface area contributed by atoms with Crippen LogP contribution in [-0.2, 0) is 70.4 Å². The van der Waals surface area contributed by atoms with Crippen molar-refractivity contribution in [2.45, 2.75) is 205 Å².